The molecule has 33 heavy (non-hydrogen) atoms. The number of H-pyrrole nitrogens is 1. The van der Waals surface area contributed by atoms with E-state index in [2.05, 4.69) is 64.4 Å². The van der Waals surface area contributed by atoms with Crippen molar-refractivity contribution in [3.05, 3.63) is 61.6 Å². The molecule has 4 rings (SSSR count). The highest BCUT2D eigenvalue weighted by Gasteiger charge is 2.23. The quantitative estimate of drug-likeness (QED) is 0.280. The number of carbonyl (C=O) groups excluding carboxylic acids is 1. The standard InChI is InChI=1S/C21H20Br2ClN7O2/c1-3-4-5-16-25-19(24)18(21(32)33-2)30(16)11-12-6-8-13(9-7-12)31-15(23)10-14(22)17(31)20-26-28-29-27-20/h6-10H,3-5,11H2,1-2H3,(H,26,27,28,29). The Bertz CT molecular complexity index is 1270. The maximum absolute atomic E-state index is 12.4. The minimum Gasteiger partial charge on any atom is -0.464 e. The number of aromatic amines is 1. The molecular formula is C21H20Br2ClN7O2. The molecule has 12 heteroatoms. The van der Waals surface area contributed by atoms with E-state index in [0.717, 1.165) is 51.1 Å². The van der Waals surface area contributed by atoms with Crippen LogP contribution in [0.15, 0.2) is 39.4 Å². The summed E-state index contributed by atoms with van der Waals surface area (Å²) < 4.78 is 10.4. The number of halogens is 3. The minimum atomic E-state index is -0.502. The summed E-state index contributed by atoms with van der Waals surface area (Å²) in [5.41, 5.74) is 2.92. The fourth-order valence-electron chi connectivity index (χ4n) is 3.56. The fraction of sp³-hybridized carbons (Fsp3) is 0.286. The predicted molar refractivity (Wildman–Crippen MR) is 131 cm³/mol. The van der Waals surface area contributed by atoms with Crippen LogP contribution in [0.1, 0.15) is 41.6 Å². The first-order chi connectivity index (χ1) is 15.9. The van der Waals surface area contributed by atoms with Gasteiger partial charge in [-0.1, -0.05) is 37.1 Å². The second-order valence-corrected chi connectivity index (χ2v) is 9.27. The van der Waals surface area contributed by atoms with Gasteiger partial charge in [0.05, 0.1) is 11.7 Å². The Kier molecular flexibility index (Phi) is 7.30. The molecule has 3 aromatic heterocycles. The smallest absolute Gasteiger partial charge is 0.357 e. The molecule has 1 aromatic carbocycles. The molecule has 4 aromatic rings. The van der Waals surface area contributed by atoms with Crippen LogP contribution in [0.4, 0.5) is 0 Å². The Morgan fingerprint density at radius 1 is 1.24 bits per heavy atom. The maximum atomic E-state index is 12.4. The average Bonchev–Trinajstić information content (AvgIpc) is 3.50. The fourth-order valence-corrected chi connectivity index (χ4v) is 5.33. The number of nitrogens with one attached hydrogen (secondary N) is 1. The number of rotatable bonds is 8. The third kappa shape index (κ3) is 4.75. The number of esters is 1. The molecule has 0 aliphatic heterocycles. The molecule has 0 saturated carbocycles. The first kappa shape index (κ1) is 23.7. The minimum absolute atomic E-state index is 0.162. The second-order valence-electron chi connectivity index (χ2n) is 7.25. The molecule has 9 nitrogen and oxygen atoms in total. The van der Waals surface area contributed by atoms with Crippen LogP contribution in [-0.2, 0) is 17.7 Å². The average molecular weight is 598 g/mol. The number of aromatic nitrogens is 7. The van der Waals surface area contributed by atoms with E-state index in [9.17, 15) is 4.79 Å². The lowest BCUT2D eigenvalue weighted by molar-refractivity contribution is 0.0589. The third-order valence-corrected chi connectivity index (χ3v) is 6.59. The van der Waals surface area contributed by atoms with E-state index in [0.29, 0.717) is 12.4 Å². The number of hydrogen-bond acceptors (Lipinski definition) is 6. The van der Waals surface area contributed by atoms with Crippen molar-refractivity contribution < 1.29 is 9.53 Å². The van der Waals surface area contributed by atoms with Gasteiger partial charge in [-0.25, -0.2) is 9.78 Å². The third-order valence-electron chi connectivity index (χ3n) is 5.14. The van der Waals surface area contributed by atoms with E-state index in [1.807, 2.05) is 39.5 Å². The lowest BCUT2D eigenvalue weighted by atomic mass is 10.2. The number of carbonyl (C=O) groups is 1. The van der Waals surface area contributed by atoms with Gasteiger partial charge in [-0.2, -0.15) is 5.21 Å². The molecule has 0 bridgehead atoms. The summed E-state index contributed by atoms with van der Waals surface area (Å²) >= 11 is 13.5. The topological polar surface area (TPSA) is 104 Å². The lowest BCUT2D eigenvalue weighted by Crippen LogP contribution is -2.14. The molecule has 0 amide bonds. The van der Waals surface area contributed by atoms with Crippen LogP contribution >= 0.6 is 43.5 Å². The summed E-state index contributed by atoms with van der Waals surface area (Å²) in [6, 6.07) is 9.88. The van der Waals surface area contributed by atoms with Crippen molar-refractivity contribution in [1.82, 2.24) is 34.7 Å². The van der Waals surface area contributed by atoms with Crippen molar-refractivity contribution in [2.24, 2.45) is 0 Å². The number of benzene rings is 1. The Hall–Kier alpha value is -2.50. The van der Waals surface area contributed by atoms with Gasteiger partial charge in [-0.05, 0) is 67.3 Å². The highest BCUT2D eigenvalue weighted by atomic mass is 79.9. The Morgan fingerprint density at radius 3 is 2.64 bits per heavy atom. The highest BCUT2D eigenvalue weighted by molar-refractivity contribution is 9.11. The van der Waals surface area contributed by atoms with Crippen molar-refractivity contribution in [2.75, 3.05) is 7.11 Å². The molecule has 0 atom stereocenters. The van der Waals surface area contributed by atoms with Crippen molar-refractivity contribution >= 4 is 49.4 Å². The number of aryl methyl sites for hydroxylation is 1. The van der Waals surface area contributed by atoms with Crippen molar-refractivity contribution in [3.8, 4) is 17.2 Å². The number of nitrogens with zero attached hydrogens (tertiary/aromatic N) is 6. The van der Waals surface area contributed by atoms with Gasteiger partial charge in [-0.3, -0.25) is 4.57 Å². The van der Waals surface area contributed by atoms with E-state index in [1.165, 1.54) is 7.11 Å². The van der Waals surface area contributed by atoms with Crippen LogP contribution in [-0.4, -0.2) is 47.8 Å². The zero-order valence-electron chi connectivity index (χ0n) is 17.8. The van der Waals surface area contributed by atoms with Crippen LogP contribution in [0.3, 0.4) is 0 Å². The van der Waals surface area contributed by atoms with Crippen LogP contribution < -0.4 is 0 Å². The van der Waals surface area contributed by atoms with Crippen LogP contribution in [0, 0.1) is 0 Å². The van der Waals surface area contributed by atoms with Gasteiger partial charge in [-0.15, -0.1) is 10.2 Å². The zero-order chi connectivity index (χ0) is 23.5. The summed E-state index contributed by atoms with van der Waals surface area (Å²) in [5, 5.41) is 14.5. The van der Waals surface area contributed by atoms with Gasteiger partial charge in [0.25, 0.3) is 0 Å². The van der Waals surface area contributed by atoms with E-state index >= 15 is 0 Å². The molecular weight excluding hydrogens is 578 g/mol. The molecule has 0 radical (unpaired) electrons. The number of imidazole rings is 1. The summed E-state index contributed by atoms with van der Waals surface area (Å²) in [7, 11) is 1.34. The number of tetrazole rings is 1. The monoisotopic (exact) mass is 595 g/mol. The molecule has 1 N–H and O–H groups in total. The summed E-state index contributed by atoms with van der Waals surface area (Å²) in [5.74, 6) is 0.730. The Labute approximate surface area is 211 Å². The summed E-state index contributed by atoms with van der Waals surface area (Å²) in [4.78, 5) is 16.8. The normalized spacial score (nSPS) is 11.2. The number of unbranched alkanes of at least 4 members (excludes halogenated alkanes) is 1. The summed E-state index contributed by atoms with van der Waals surface area (Å²) in [6.45, 7) is 2.55. The molecule has 3 heterocycles. The Balaban J connectivity index is 1.68. The van der Waals surface area contributed by atoms with E-state index in [-0.39, 0.29) is 10.8 Å². The van der Waals surface area contributed by atoms with Gasteiger partial charge in [0.1, 0.15) is 11.5 Å². The first-order valence-electron chi connectivity index (χ1n) is 10.2. The lowest BCUT2D eigenvalue weighted by Gasteiger charge is -2.13. The molecule has 0 fully saturated rings. The van der Waals surface area contributed by atoms with Gasteiger partial charge in [0, 0.05) is 23.1 Å². The van der Waals surface area contributed by atoms with Crippen LogP contribution in [0.2, 0.25) is 5.15 Å². The van der Waals surface area contributed by atoms with Crippen molar-refractivity contribution in [1.29, 1.82) is 0 Å². The highest BCUT2D eigenvalue weighted by Crippen LogP contribution is 2.35. The van der Waals surface area contributed by atoms with Gasteiger partial charge < -0.3 is 9.30 Å². The Morgan fingerprint density at radius 2 is 2.00 bits per heavy atom. The molecule has 0 spiro atoms. The van der Waals surface area contributed by atoms with Crippen LogP contribution in [0.25, 0.3) is 17.2 Å². The zero-order valence-corrected chi connectivity index (χ0v) is 21.8. The van der Waals surface area contributed by atoms with E-state index in [1.54, 1.807) is 0 Å². The number of methoxy groups -OCH3 is 1. The SMILES string of the molecule is CCCCc1nc(Cl)c(C(=O)OC)n1Cc1ccc(-n2c(Br)cc(Br)c2-c2nn[nH]n2)cc1. The van der Waals surface area contributed by atoms with Crippen molar-refractivity contribution in [3.63, 3.8) is 0 Å². The molecule has 0 aliphatic carbocycles. The molecule has 0 unspecified atom stereocenters. The first-order valence-corrected chi connectivity index (χ1v) is 12.1. The number of hydrogen-bond donors (Lipinski definition) is 1. The van der Waals surface area contributed by atoms with Crippen LogP contribution in [0.5, 0.6) is 0 Å². The predicted octanol–water partition coefficient (Wildman–Crippen LogP) is 5.21. The summed E-state index contributed by atoms with van der Waals surface area (Å²) in [6.07, 6.45) is 2.68. The number of ether oxygens (including phenoxy) is 1. The van der Waals surface area contributed by atoms with Gasteiger partial charge in [0.2, 0.25) is 5.82 Å². The van der Waals surface area contributed by atoms with Crippen molar-refractivity contribution in [2.45, 2.75) is 32.7 Å². The molecule has 172 valence electrons. The maximum Gasteiger partial charge on any atom is 0.357 e. The molecule has 0 aliphatic rings. The molecule has 0 saturated heterocycles. The van der Waals surface area contributed by atoms with Gasteiger partial charge in [0.15, 0.2) is 10.8 Å². The van der Waals surface area contributed by atoms with E-state index in [4.69, 9.17) is 16.3 Å². The van der Waals surface area contributed by atoms with E-state index < -0.39 is 5.97 Å². The van der Waals surface area contributed by atoms with Gasteiger partial charge >= 0.3 is 5.97 Å². The second kappa shape index (κ2) is 10.2. The largest absolute Gasteiger partial charge is 0.464 e.